The highest BCUT2D eigenvalue weighted by Gasteiger charge is 2.33. The molecule has 1 N–H and O–H groups in total. The molecule has 1 aliphatic rings. The van der Waals surface area contributed by atoms with Crippen LogP contribution in [-0.4, -0.2) is 42.5 Å². The van der Waals surface area contributed by atoms with E-state index in [4.69, 9.17) is 14.2 Å². The van der Waals surface area contributed by atoms with Gasteiger partial charge in [-0.15, -0.1) is 0 Å². The van der Waals surface area contributed by atoms with Crippen molar-refractivity contribution in [2.24, 2.45) is 11.8 Å². The summed E-state index contributed by atoms with van der Waals surface area (Å²) in [7, 11) is 0. The lowest BCUT2D eigenvalue weighted by atomic mass is 9.96. The molecule has 3 atom stereocenters. The fourth-order valence-electron chi connectivity index (χ4n) is 3.14. The topological polar surface area (TPSA) is 73.9 Å². The summed E-state index contributed by atoms with van der Waals surface area (Å²) in [6.45, 7) is 13.7. The molecule has 1 saturated carbocycles. The zero-order valence-corrected chi connectivity index (χ0v) is 17.5. The first-order valence-electron chi connectivity index (χ1n) is 9.81. The summed E-state index contributed by atoms with van der Waals surface area (Å²) in [5.74, 6) is 0.375. The van der Waals surface area contributed by atoms with Gasteiger partial charge in [0.2, 0.25) is 0 Å². The van der Waals surface area contributed by atoms with E-state index in [-0.39, 0.29) is 12.2 Å². The number of ether oxygens (including phenoxy) is 3. The first-order valence-corrected chi connectivity index (χ1v) is 9.81. The van der Waals surface area contributed by atoms with E-state index in [1.54, 1.807) is 27.7 Å². The number of nitrogens with one attached hydrogen (secondary N) is 1. The molecule has 0 spiro atoms. The Bertz CT molecular complexity index is 452. The second-order valence-electron chi connectivity index (χ2n) is 8.75. The van der Waals surface area contributed by atoms with E-state index in [9.17, 15) is 9.59 Å². The summed E-state index contributed by atoms with van der Waals surface area (Å²) in [5, 5.41) is 2.52. The molecule has 0 radical (unpaired) electrons. The summed E-state index contributed by atoms with van der Waals surface area (Å²) in [6, 6.07) is -0.776. The highest BCUT2D eigenvalue weighted by atomic mass is 16.6. The monoisotopic (exact) mass is 371 g/mol. The zero-order valence-electron chi connectivity index (χ0n) is 17.5. The van der Waals surface area contributed by atoms with Crippen molar-refractivity contribution < 1.29 is 23.8 Å². The van der Waals surface area contributed by atoms with Crippen LogP contribution in [0.3, 0.4) is 0 Å². The van der Waals surface area contributed by atoms with E-state index in [0.717, 1.165) is 12.8 Å². The van der Waals surface area contributed by atoms with Crippen molar-refractivity contribution in [3.63, 3.8) is 0 Å². The van der Waals surface area contributed by atoms with Crippen molar-refractivity contribution >= 4 is 12.1 Å². The minimum absolute atomic E-state index is 0.0995. The summed E-state index contributed by atoms with van der Waals surface area (Å²) in [4.78, 5) is 24.2. The third-order valence-corrected chi connectivity index (χ3v) is 4.34. The number of alkyl carbamates (subject to hydrolysis) is 1. The van der Waals surface area contributed by atoms with E-state index in [1.165, 1.54) is 12.8 Å². The summed E-state index contributed by atoms with van der Waals surface area (Å²) < 4.78 is 16.9. The maximum absolute atomic E-state index is 12.4. The van der Waals surface area contributed by atoms with Gasteiger partial charge in [-0.3, -0.25) is 0 Å². The molecule has 26 heavy (non-hydrogen) atoms. The van der Waals surface area contributed by atoms with Gasteiger partial charge in [0, 0.05) is 6.61 Å². The van der Waals surface area contributed by atoms with Crippen LogP contribution < -0.4 is 5.32 Å². The Hall–Kier alpha value is -1.30. The molecule has 1 aliphatic carbocycles. The molecule has 0 aromatic rings. The van der Waals surface area contributed by atoms with Gasteiger partial charge in [0.15, 0.2) is 0 Å². The van der Waals surface area contributed by atoms with Gasteiger partial charge in [0.05, 0.1) is 6.10 Å². The van der Waals surface area contributed by atoms with Crippen molar-refractivity contribution in [1.82, 2.24) is 5.32 Å². The van der Waals surface area contributed by atoms with Gasteiger partial charge in [-0.2, -0.15) is 0 Å². The number of rotatable bonds is 8. The number of esters is 1. The van der Waals surface area contributed by atoms with Crippen LogP contribution in [0.5, 0.6) is 0 Å². The van der Waals surface area contributed by atoms with Crippen LogP contribution in [0.1, 0.15) is 74.1 Å². The number of carbonyl (C=O) groups excluding carboxylic acids is 2. The lowest BCUT2D eigenvalue weighted by molar-refractivity contribution is -0.162. The molecule has 6 heteroatoms. The molecule has 1 amide bonds. The third-order valence-electron chi connectivity index (χ3n) is 4.34. The highest BCUT2D eigenvalue weighted by molar-refractivity contribution is 5.81. The fraction of sp³-hybridized carbons (Fsp3) is 0.900. The predicted octanol–water partition coefficient (Wildman–Crippen LogP) is 4.06. The molecule has 0 heterocycles. The van der Waals surface area contributed by atoms with Crippen molar-refractivity contribution in [1.29, 1.82) is 0 Å². The van der Waals surface area contributed by atoms with E-state index >= 15 is 0 Å². The van der Waals surface area contributed by atoms with E-state index in [1.807, 2.05) is 6.92 Å². The van der Waals surface area contributed by atoms with Crippen LogP contribution >= 0.6 is 0 Å². The molecule has 1 fully saturated rings. The maximum Gasteiger partial charge on any atom is 0.408 e. The zero-order chi connectivity index (χ0) is 19.9. The number of carbonyl (C=O) groups is 2. The lowest BCUT2D eigenvalue weighted by Gasteiger charge is -2.30. The first-order chi connectivity index (χ1) is 12.0. The predicted molar refractivity (Wildman–Crippen MR) is 101 cm³/mol. The minimum atomic E-state index is -0.776. The van der Waals surface area contributed by atoms with Gasteiger partial charge in [0.1, 0.15) is 17.7 Å². The molecule has 0 unspecified atom stereocenters. The maximum atomic E-state index is 12.4. The van der Waals surface area contributed by atoms with Crippen molar-refractivity contribution in [3.05, 3.63) is 0 Å². The SMILES string of the molecule is CC(C)CO[C@H](C1CCCC1)[C@H](C)OC(=O)[C@H](C)NC(=O)OC(C)(C)C. The van der Waals surface area contributed by atoms with Gasteiger partial charge in [-0.1, -0.05) is 26.7 Å². The Morgan fingerprint density at radius 2 is 1.65 bits per heavy atom. The Morgan fingerprint density at radius 3 is 2.15 bits per heavy atom. The standard InChI is InChI=1S/C20H37NO5/c1-13(2)12-24-17(16-10-8-9-11-16)15(4)25-18(22)14(3)21-19(23)26-20(5,6)7/h13-17H,8-12H2,1-7H3,(H,21,23)/t14-,15-,17-/m0/s1. The molecule has 0 saturated heterocycles. The molecule has 6 nitrogen and oxygen atoms in total. The van der Waals surface area contributed by atoms with Crippen LogP contribution in [-0.2, 0) is 19.0 Å². The number of amides is 1. The summed E-state index contributed by atoms with van der Waals surface area (Å²) >= 11 is 0. The Balaban J connectivity index is 2.58. The Labute approximate surface area is 158 Å². The van der Waals surface area contributed by atoms with Crippen LogP contribution in [0, 0.1) is 11.8 Å². The van der Waals surface area contributed by atoms with E-state index < -0.39 is 23.7 Å². The molecular weight excluding hydrogens is 334 g/mol. The van der Waals surface area contributed by atoms with Crippen LogP contribution in [0.4, 0.5) is 4.79 Å². The smallest absolute Gasteiger partial charge is 0.408 e. The number of hydrogen-bond donors (Lipinski definition) is 1. The quantitative estimate of drug-likeness (QED) is 0.651. The van der Waals surface area contributed by atoms with Crippen molar-refractivity contribution in [2.75, 3.05) is 6.61 Å². The fourth-order valence-corrected chi connectivity index (χ4v) is 3.14. The largest absolute Gasteiger partial charge is 0.458 e. The average molecular weight is 372 g/mol. The van der Waals surface area contributed by atoms with Gasteiger partial charge in [-0.05, 0) is 59.3 Å². The molecule has 0 aromatic carbocycles. The summed E-state index contributed by atoms with van der Waals surface area (Å²) in [5.41, 5.74) is -0.612. The normalized spacial score (nSPS) is 19.1. The van der Waals surface area contributed by atoms with E-state index in [0.29, 0.717) is 18.4 Å². The highest BCUT2D eigenvalue weighted by Crippen LogP contribution is 2.32. The van der Waals surface area contributed by atoms with Crippen LogP contribution in [0.25, 0.3) is 0 Å². The van der Waals surface area contributed by atoms with Gasteiger partial charge in [-0.25, -0.2) is 9.59 Å². The first kappa shape index (κ1) is 22.7. The lowest BCUT2D eigenvalue weighted by Crippen LogP contribution is -2.45. The summed E-state index contributed by atoms with van der Waals surface area (Å²) in [6.07, 6.45) is 3.53. The Kier molecular flexibility index (Phi) is 8.87. The molecule has 0 aliphatic heterocycles. The number of hydrogen-bond acceptors (Lipinski definition) is 5. The third kappa shape index (κ3) is 8.39. The van der Waals surface area contributed by atoms with E-state index in [2.05, 4.69) is 19.2 Å². The molecule has 0 bridgehead atoms. The second kappa shape index (κ2) is 10.1. The molecule has 152 valence electrons. The van der Waals surface area contributed by atoms with Crippen LogP contribution in [0.15, 0.2) is 0 Å². The van der Waals surface area contributed by atoms with Gasteiger partial charge < -0.3 is 19.5 Å². The molecular formula is C20H37NO5. The van der Waals surface area contributed by atoms with Gasteiger partial charge >= 0.3 is 12.1 Å². The van der Waals surface area contributed by atoms with Crippen molar-refractivity contribution in [3.8, 4) is 0 Å². The average Bonchev–Trinajstić information content (AvgIpc) is 2.98. The second-order valence-corrected chi connectivity index (χ2v) is 8.75. The van der Waals surface area contributed by atoms with Gasteiger partial charge in [0.25, 0.3) is 0 Å². The molecule has 1 rings (SSSR count). The minimum Gasteiger partial charge on any atom is -0.458 e. The Morgan fingerprint density at radius 1 is 1.08 bits per heavy atom. The van der Waals surface area contributed by atoms with Crippen molar-refractivity contribution in [2.45, 2.75) is 98.0 Å². The van der Waals surface area contributed by atoms with Crippen LogP contribution in [0.2, 0.25) is 0 Å². The molecule has 0 aromatic heterocycles.